The van der Waals surface area contributed by atoms with Crippen molar-refractivity contribution >= 4 is 0 Å². The smallest absolute Gasteiger partial charge is 0.0494 e. The molecule has 0 heterocycles. The standard InChI is InChI=1S/C11H24O/c1-5-7-8-12-9-11(4)10(3)6-2/h10-11H,5-9H2,1-4H3. The van der Waals surface area contributed by atoms with Crippen LogP contribution in [-0.2, 0) is 4.74 Å². The monoisotopic (exact) mass is 172 g/mol. The Bertz CT molecular complexity index is 91.0. The lowest BCUT2D eigenvalue weighted by Gasteiger charge is -2.17. The van der Waals surface area contributed by atoms with E-state index in [0.717, 1.165) is 19.1 Å². The first kappa shape index (κ1) is 12.0. The normalized spacial score (nSPS) is 16.0. The van der Waals surface area contributed by atoms with E-state index in [1.165, 1.54) is 19.3 Å². The van der Waals surface area contributed by atoms with Gasteiger partial charge in [0.1, 0.15) is 0 Å². The third kappa shape index (κ3) is 5.59. The van der Waals surface area contributed by atoms with E-state index in [4.69, 9.17) is 4.74 Å². The summed E-state index contributed by atoms with van der Waals surface area (Å²) in [7, 11) is 0. The molecule has 0 bridgehead atoms. The lowest BCUT2D eigenvalue weighted by molar-refractivity contribution is 0.0841. The molecular weight excluding hydrogens is 148 g/mol. The first-order valence-electron chi connectivity index (χ1n) is 5.30. The van der Waals surface area contributed by atoms with Crippen molar-refractivity contribution in [1.29, 1.82) is 0 Å². The number of hydrogen-bond donors (Lipinski definition) is 0. The molecule has 74 valence electrons. The molecule has 0 fully saturated rings. The van der Waals surface area contributed by atoms with Crippen molar-refractivity contribution in [2.75, 3.05) is 13.2 Å². The molecule has 1 heteroatoms. The quantitative estimate of drug-likeness (QED) is 0.534. The molecule has 2 unspecified atom stereocenters. The van der Waals surface area contributed by atoms with Crippen LogP contribution in [0.15, 0.2) is 0 Å². The van der Waals surface area contributed by atoms with Crippen molar-refractivity contribution < 1.29 is 4.74 Å². The van der Waals surface area contributed by atoms with Crippen LogP contribution in [-0.4, -0.2) is 13.2 Å². The largest absolute Gasteiger partial charge is 0.381 e. The molecule has 0 saturated carbocycles. The topological polar surface area (TPSA) is 9.23 Å². The van der Waals surface area contributed by atoms with Gasteiger partial charge in [0.25, 0.3) is 0 Å². The molecule has 2 atom stereocenters. The number of hydrogen-bond acceptors (Lipinski definition) is 1. The molecule has 0 spiro atoms. The maximum atomic E-state index is 5.56. The van der Waals surface area contributed by atoms with E-state index in [1.54, 1.807) is 0 Å². The van der Waals surface area contributed by atoms with Crippen LogP contribution < -0.4 is 0 Å². The lowest BCUT2D eigenvalue weighted by Crippen LogP contribution is -2.14. The summed E-state index contributed by atoms with van der Waals surface area (Å²) in [4.78, 5) is 0. The van der Waals surface area contributed by atoms with Crippen LogP contribution in [0.3, 0.4) is 0 Å². The van der Waals surface area contributed by atoms with Crippen molar-refractivity contribution in [2.45, 2.75) is 47.0 Å². The zero-order chi connectivity index (χ0) is 9.40. The second-order valence-corrected chi connectivity index (χ2v) is 3.79. The van der Waals surface area contributed by atoms with Crippen LogP contribution in [0.1, 0.15) is 47.0 Å². The molecule has 12 heavy (non-hydrogen) atoms. The van der Waals surface area contributed by atoms with Crippen LogP contribution in [0.5, 0.6) is 0 Å². The minimum Gasteiger partial charge on any atom is -0.381 e. The summed E-state index contributed by atoms with van der Waals surface area (Å²) in [5.74, 6) is 1.51. The molecule has 0 aromatic heterocycles. The van der Waals surface area contributed by atoms with E-state index in [0.29, 0.717) is 5.92 Å². The van der Waals surface area contributed by atoms with E-state index < -0.39 is 0 Å². The van der Waals surface area contributed by atoms with Gasteiger partial charge in [-0.05, 0) is 18.3 Å². The highest BCUT2D eigenvalue weighted by Gasteiger charge is 2.09. The summed E-state index contributed by atoms with van der Waals surface area (Å²) in [5.41, 5.74) is 0. The molecular formula is C11H24O. The third-order valence-corrected chi connectivity index (χ3v) is 2.64. The summed E-state index contributed by atoms with van der Waals surface area (Å²) in [6, 6.07) is 0. The molecule has 0 N–H and O–H groups in total. The van der Waals surface area contributed by atoms with Gasteiger partial charge in [-0.1, -0.05) is 40.5 Å². The predicted octanol–water partition coefficient (Wildman–Crippen LogP) is 3.49. The Hall–Kier alpha value is -0.0400. The first-order valence-corrected chi connectivity index (χ1v) is 5.30. The van der Waals surface area contributed by atoms with Gasteiger partial charge in [0.2, 0.25) is 0 Å². The Balaban J connectivity index is 3.24. The molecule has 0 aromatic rings. The molecule has 0 aromatic carbocycles. The summed E-state index contributed by atoms with van der Waals surface area (Å²) in [6.45, 7) is 10.9. The zero-order valence-corrected chi connectivity index (χ0v) is 9.10. The molecule has 0 saturated heterocycles. The van der Waals surface area contributed by atoms with Crippen molar-refractivity contribution in [3.05, 3.63) is 0 Å². The highest BCUT2D eigenvalue weighted by molar-refractivity contribution is 4.58. The molecule has 0 amide bonds. The minimum atomic E-state index is 0.715. The van der Waals surface area contributed by atoms with Crippen LogP contribution >= 0.6 is 0 Å². The summed E-state index contributed by atoms with van der Waals surface area (Å²) in [5, 5.41) is 0. The fourth-order valence-electron chi connectivity index (χ4n) is 1.08. The molecule has 0 aliphatic carbocycles. The molecule has 0 aliphatic rings. The Morgan fingerprint density at radius 2 is 1.75 bits per heavy atom. The van der Waals surface area contributed by atoms with Gasteiger partial charge in [-0.3, -0.25) is 0 Å². The molecule has 0 aliphatic heterocycles. The van der Waals surface area contributed by atoms with Gasteiger partial charge in [0, 0.05) is 13.2 Å². The van der Waals surface area contributed by atoms with Crippen LogP contribution in [0, 0.1) is 11.8 Å². The number of ether oxygens (including phenoxy) is 1. The average Bonchev–Trinajstić information content (AvgIpc) is 2.10. The third-order valence-electron chi connectivity index (χ3n) is 2.64. The van der Waals surface area contributed by atoms with Gasteiger partial charge in [-0.25, -0.2) is 0 Å². The van der Waals surface area contributed by atoms with Crippen LogP contribution in [0.25, 0.3) is 0 Å². The fraction of sp³-hybridized carbons (Fsp3) is 1.00. The van der Waals surface area contributed by atoms with Crippen molar-refractivity contribution in [2.24, 2.45) is 11.8 Å². The first-order chi connectivity index (χ1) is 5.72. The Morgan fingerprint density at radius 1 is 1.08 bits per heavy atom. The number of unbranched alkanes of at least 4 members (excludes halogenated alkanes) is 1. The van der Waals surface area contributed by atoms with Gasteiger partial charge in [0.05, 0.1) is 0 Å². The highest BCUT2D eigenvalue weighted by Crippen LogP contribution is 2.14. The average molecular weight is 172 g/mol. The van der Waals surface area contributed by atoms with E-state index in [9.17, 15) is 0 Å². The van der Waals surface area contributed by atoms with E-state index in [-0.39, 0.29) is 0 Å². The van der Waals surface area contributed by atoms with Gasteiger partial charge in [-0.2, -0.15) is 0 Å². The van der Waals surface area contributed by atoms with Crippen molar-refractivity contribution in [3.63, 3.8) is 0 Å². The minimum absolute atomic E-state index is 0.715. The Labute approximate surface area is 77.5 Å². The van der Waals surface area contributed by atoms with Crippen molar-refractivity contribution in [1.82, 2.24) is 0 Å². The Morgan fingerprint density at radius 3 is 2.25 bits per heavy atom. The summed E-state index contributed by atoms with van der Waals surface area (Å²) < 4.78 is 5.56. The summed E-state index contributed by atoms with van der Waals surface area (Å²) in [6.07, 6.45) is 3.70. The highest BCUT2D eigenvalue weighted by atomic mass is 16.5. The van der Waals surface area contributed by atoms with E-state index >= 15 is 0 Å². The van der Waals surface area contributed by atoms with Gasteiger partial charge < -0.3 is 4.74 Å². The van der Waals surface area contributed by atoms with Gasteiger partial charge in [0.15, 0.2) is 0 Å². The van der Waals surface area contributed by atoms with Crippen LogP contribution in [0.2, 0.25) is 0 Å². The second kappa shape index (κ2) is 7.60. The predicted molar refractivity (Wildman–Crippen MR) is 54.3 cm³/mol. The molecule has 0 radical (unpaired) electrons. The maximum absolute atomic E-state index is 5.56. The number of rotatable bonds is 7. The lowest BCUT2D eigenvalue weighted by atomic mass is 9.95. The Kier molecular flexibility index (Phi) is 7.58. The summed E-state index contributed by atoms with van der Waals surface area (Å²) >= 11 is 0. The molecule has 1 nitrogen and oxygen atoms in total. The van der Waals surface area contributed by atoms with Gasteiger partial charge in [-0.15, -0.1) is 0 Å². The fourth-order valence-corrected chi connectivity index (χ4v) is 1.08. The second-order valence-electron chi connectivity index (χ2n) is 3.79. The van der Waals surface area contributed by atoms with E-state index in [1.807, 2.05) is 0 Å². The maximum Gasteiger partial charge on any atom is 0.0494 e. The van der Waals surface area contributed by atoms with E-state index in [2.05, 4.69) is 27.7 Å². The van der Waals surface area contributed by atoms with Crippen LogP contribution in [0.4, 0.5) is 0 Å². The zero-order valence-electron chi connectivity index (χ0n) is 9.10. The SMILES string of the molecule is CCCCOCC(C)C(C)CC. The van der Waals surface area contributed by atoms with Crippen molar-refractivity contribution in [3.8, 4) is 0 Å². The van der Waals surface area contributed by atoms with Gasteiger partial charge >= 0.3 is 0 Å². The molecule has 0 rings (SSSR count).